The lowest BCUT2D eigenvalue weighted by Gasteiger charge is -2.21. The summed E-state index contributed by atoms with van der Waals surface area (Å²) in [5, 5.41) is 5.10. The molecule has 0 radical (unpaired) electrons. The summed E-state index contributed by atoms with van der Waals surface area (Å²) in [5.41, 5.74) is 6.13. The third-order valence-corrected chi connectivity index (χ3v) is 5.92. The number of benzene rings is 3. The lowest BCUT2D eigenvalue weighted by molar-refractivity contribution is 0.0818. The molecule has 0 spiro atoms. The Bertz CT molecular complexity index is 1180. The maximum absolute atomic E-state index is 13.4. The zero-order valence-electron chi connectivity index (χ0n) is 17.1. The molecule has 7 nitrogen and oxygen atoms in total. The van der Waals surface area contributed by atoms with E-state index in [1.807, 2.05) is 35.7 Å². The Labute approximate surface area is 178 Å². The van der Waals surface area contributed by atoms with Gasteiger partial charge in [-0.3, -0.25) is 9.69 Å². The number of nitrogens with two attached hydrogens (primary N) is 1. The van der Waals surface area contributed by atoms with E-state index < -0.39 is 5.50 Å². The van der Waals surface area contributed by atoms with Crippen molar-refractivity contribution >= 4 is 39.2 Å². The molecular formula is C22H22N2O5S. The Kier molecular flexibility index (Phi) is 5.36. The summed E-state index contributed by atoms with van der Waals surface area (Å²) in [6, 6.07) is 9.28. The van der Waals surface area contributed by atoms with Crippen molar-refractivity contribution in [1.82, 2.24) is 4.90 Å². The maximum Gasteiger partial charge on any atom is 0.260 e. The summed E-state index contributed by atoms with van der Waals surface area (Å²) in [7, 11) is 6.31. The summed E-state index contributed by atoms with van der Waals surface area (Å²) in [5.74, 6) is 2.09. The Morgan fingerprint density at radius 2 is 1.37 bits per heavy atom. The van der Waals surface area contributed by atoms with Crippen LogP contribution in [0.2, 0.25) is 0 Å². The summed E-state index contributed by atoms with van der Waals surface area (Å²) < 4.78 is 21.9. The van der Waals surface area contributed by atoms with Gasteiger partial charge in [0.1, 0.15) is 5.50 Å². The van der Waals surface area contributed by atoms with Crippen LogP contribution >= 0.6 is 11.8 Å². The van der Waals surface area contributed by atoms with E-state index in [-0.39, 0.29) is 5.91 Å². The van der Waals surface area contributed by atoms with Gasteiger partial charge in [0.2, 0.25) is 0 Å². The minimum atomic E-state index is -0.464. The van der Waals surface area contributed by atoms with Crippen molar-refractivity contribution in [3.8, 4) is 23.0 Å². The van der Waals surface area contributed by atoms with Crippen LogP contribution in [0.4, 0.5) is 0 Å². The number of nitrogens with zero attached hydrogens (tertiary/aromatic N) is 1. The van der Waals surface area contributed by atoms with E-state index in [4.69, 9.17) is 24.7 Å². The first-order valence-corrected chi connectivity index (χ1v) is 10.1. The lowest BCUT2D eigenvalue weighted by Crippen LogP contribution is -2.37. The van der Waals surface area contributed by atoms with Crippen LogP contribution in [0, 0.1) is 0 Å². The summed E-state index contributed by atoms with van der Waals surface area (Å²) in [4.78, 5) is 14.9. The van der Waals surface area contributed by atoms with E-state index in [0.29, 0.717) is 28.6 Å². The molecule has 0 aliphatic carbocycles. The number of hydrogen-bond acceptors (Lipinski definition) is 7. The van der Waals surface area contributed by atoms with E-state index in [2.05, 4.69) is 0 Å². The Morgan fingerprint density at radius 1 is 0.833 bits per heavy atom. The van der Waals surface area contributed by atoms with Gasteiger partial charge in [-0.05, 0) is 57.3 Å². The van der Waals surface area contributed by atoms with Crippen LogP contribution in [-0.4, -0.2) is 44.7 Å². The van der Waals surface area contributed by atoms with Gasteiger partial charge in [-0.2, -0.15) is 0 Å². The second-order valence-corrected chi connectivity index (χ2v) is 7.66. The highest BCUT2D eigenvalue weighted by Gasteiger charge is 2.26. The number of carbonyl (C=O) groups excluding carboxylic acids is 1. The molecule has 0 aromatic heterocycles. The predicted molar refractivity (Wildman–Crippen MR) is 119 cm³/mol. The zero-order chi connectivity index (χ0) is 21.4. The summed E-state index contributed by atoms with van der Waals surface area (Å²) >= 11 is 1.38. The molecule has 30 heavy (non-hydrogen) atoms. The van der Waals surface area contributed by atoms with Crippen molar-refractivity contribution in [3.05, 3.63) is 47.5 Å². The second kappa shape index (κ2) is 7.97. The van der Waals surface area contributed by atoms with Gasteiger partial charge in [0.25, 0.3) is 5.91 Å². The summed E-state index contributed by atoms with van der Waals surface area (Å²) in [6.07, 6.45) is 1.70. The lowest BCUT2D eigenvalue weighted by atomic mass is 9.95. The molecule has 3 aromatic carbocycles. The fourth-order valence-electron chi connectivity index (χ4n) is 3.64. The van der Waals surface area contributed by atoms with Crippen molar-refractivity contribution in [3.63, 3.8) is 0 Å². The zero-order valence-corrected chi connectivity index (χ0v) is 17.9. The van der Waals surface area contributed by atoms with Crippen LogP contribution in [-0.2, 0) is 0 Å². The Balaban J connectivity index is 2.08. The molecule has 156 valence electrons. The van der Waals surface area contributed by atoms with Gasteiger partial charge >= 0.3 is 0 Å². The second-order valence-electron chi connectivity index (χ2n) is 6.63. The van der Waals surface area contributed by atoms with Crippen LogP contribution in [0.1, 0.15) is 10.4 Å². The molecule has 4 rings (SSSR count). The number of hydrogen-bond donors (Lipinski definition) is 1. The van der Waals surface area contributed by atoms with Gasteiger partial charge in [-0.25, -0.2) is 0 Å². The van der Waals surface area contributed by atoms with Crippen LogP contribution in [0.25, 0.3) is 21.5 Å². The van der Waals surface area contributed by atoms with Crippen LogP contribution in [0.5, 0.6) is 23.0 Å². The number of fused-ring (bicyclic) bond motifs is 3. The molecule has 1 heterocycles. The smallest absolute Gasteiger partial charge is 0.260 e. The number of methoxy groups -OCH3 is 4. The monoisotopic (exact) mass is 426 g/mol. The van der Waals surface area contributed by atoms with Gasteiger partial charge in [0.05, 0.1) is 28.4 Å². The molecule has 1 unspecified atom stereocenters. The van der Waals surface area contributed by atoms with Crippen molar-refractivity contribution in [2.45, 2.75) is 5.50 Å². The first-order chi connectivity index (χ1) is 14.5. The average molecular weight is 426 g/mol. The molecule has 0 saturated carbocycles. The Morgan fingerprint density at radius 3 is 1.90 bits per heavy atom. The fraction of sp³-hybridized carbons (Fsp3) is 0.227. The fourth-order valence-corrected chi connectivity index (χ4v) is 4.30. The van der Waals surface area contributed by atoms with E-state index in [1.54, 1.807) is 34.6 Å². The van der Waals surface area contributed by atoms with E-state index in [0.717, 1.165) is 21.5 Å². The van der Waals surface area contributed by atoms with Crippen molar-refractivity contribution in [1.29, 1.82) is 0 Å². The maximum atomic E-state index is 13.4. The highest BCUT2D eigenvalue weighted by Crippen LogP contribution is 2.41. The number of ether oxygens (including phenoxy) is 4. The Hall–Kier alpha value is -3.10. The molecular weight excluding hydrogens is 404 g/mol. The van der Waals surface area contributed by atoms with Crippen molar-refractivity contribution in [2.75, 3.05) is 28.4 Å². The molecule has 1 aliphatic rings. The van der Waals surface area contributed by atoms with Crippen LogP contribution in [0.3, 0.4) is 0 Å². The molecule has 1 atom stereocenters. The van der Waals surface area contributed by atoms with Crippen molar-refractivity contribution < 1.29 is 23.7 Å². The van der Waals surface area contributed by atoms with Crippen molar-refractivity contribution in [2.24, 2.45) is 5.73 Å². The highest BCUT2D eigenvalue weighted by atomic mass is 32.2. The first kappa shape index (κ1) is 20.2. The van der Waals surface area contributed by atoms with Gasteiger partial charge in [-0.1, -0.05) is 11.8 Å². The van der Waals surface area contributed by atoms with E-state index >= 15 is 0 Å². The largest absolute Gasteiger partial charge is 0.493 e. The van der Waals surface area contributed by atoms with Crippen LogP contribution < -0.4 is 24.7 Å². The van der Waals surface area contributed by atoms with Gasteiger partial charge in [-0.15, -0.1) is 0 Å². The molecule has 0 fully saturated rings. The SMILES string of the molecule is COc1cc2cc(C(=O)N3C=CSC3N)c3cc(OC)c(OC)cc3c2cc1OC. The minimum Gasteiger partial charge on any atom is -0.493 e. The average Bonchev–Trinajstić information content (AvgIpc) is 3.21. The third-order valence-electron chi connectivity index (χ3n) is 5.14. The first-order valence-electron chi connectivity index (χ1n) is 9.17. The van der Waals surface area contributed by atoms with Gasteiger partial charge in [0, 0.05) is 11.8 Å². The van der Waals surface area contributed by atoms with E-state index in [1.165, 1.54) is 16.7 Å². The van der Waals surface area contributed by atoms with E-state index in [9.17, 15) is 4.79 Å². The van der Waals surface area contributed by atoms with Crippen LogP contribution in [0.15, 0.2) is 41.9 Å². The topological polar surface area (TPSA) is 83.3 Å². The minimum absolute atomic E-state index is 0.197. The standard InChI is InChI=1S/C22H22N2O5S/c1-26-17-8-12-7-16(21(25)24-5-6-30-22(24)23)15-11-20(29-4)19(28-3)10-14(15)13(12)9-18(17)27-2/h5-11,22H,23H2,1-4H3. The molecule has 2 N–H and O–H groups in total. The normalized spacial score (nSPS) is 15.6. The molecule has 1 aliphatic heterocycles. The number of carbonyl (C=O) groups is 1. The molecule has 0 bridgehead atoms. The molecule has 3 aromatic rings. The van der Waals surface area contributed by atoms with Gasteiger partial charge in [0.15, 0.2) is 23.0 Å². The predicted octanol–water partition coefficient (Wildman–Crippen LogP) is 3.93. The number of amides is 1. The summed E-state index contributed by atoms with van der Waals surface area (Å²) in [6.45, 7) is 0. The number of thioether (sulfide) groups is 1. The van der Waals surface area contributed by atoms with Gasteiger partial charge < -0.3 is 24.7 Å². The molecule has 8 heteroatoms. The molecule has 0 saturated heterocycles. The quantitative estimate of drug-likeness (QED) is 0.619. The third kappa shape index (κ3) is 3.18. The number of rotatable bonds is 5. The molecule has 1 amide bonds. The highest BCUT2D eigenvalue weighted by molar-refractivity contribution is 8.02.